The van der Waals surface area contributed by atoms with E-state index in [1.165, 1.54) is 0 Å². The third kappa shape index (κ3) is 2.94. The number of hydrogen-bond donors (Lipinski definition) is 1. The van der Waals surface area contributed by atoms with Gasteiger partial charge in [0.15, 0.2) is 0 Å². The van der Waals surface area contributed by atoms with Gasteiger partial charge in [-0.1, -0.05) is 20.8 Å². The van der Waals surface area contributed by atoms with Crippen LogP contribution in [0.25, 0.3) is 0 Å². The van der Waals surface area contributed by atoms with Gasteiger partial charge in [-0.3, -0.25) is 0 Å². The van der Waals surface area contributed by atoms with Gasteiger partial charge >= 0.3 is 0 Å². The van der Waals surface area contributed by atoms with Gasteiger partial charge in [0.25, 0.3) is 0 Å². The predicted octanol–water partition coefficient (Wildman–Crippen LogP) is 2.36. The lowest BCUT2D eigenvalue weighted by atomic mass is 9.89. The van der Waals surface area contributed by atoms with Crippen molar-refractivity contribution < 1.29 is 4.74 Å². The Morgan fingerprint density at radius 1 is 1.41 bits per heavy atom. The van der Waals surface area contributed by atoms with E-state index in [0.717, 1.165) is 37.1 Å². The molecule has 1 aromatic rings. The van der Waals surface area contributed by atoms with Crippen LogP contribution in [0.4, 0.5) is 5.82 Å². The predicted molar refractivity (Wildman–Crippen MR) is 68.3 cm³/mol. The quantitative estimate of drug-likeness (QED) is 0.870. The van der Waals surface area contributed by atoms with Crippen molar-refractivity contribution in [2.75, 3.05) is 25.1 Å². The highest BCUT2D eigenvalue weighted by Gasteiger charge is 2.33. The molecule has 0 amide bonds. The smallest absolute Gasteiger partial charge is 0.133 e. The molecular formula is C13H21N3O. The van der Waals surface area contributed by atoms with Crippen molar-refractivity contribution in [3.05, 3.63) is 17.6 Å². The van der Waals surface area contributed by atoms with Crippen molar-refractivity contribution in [2.45, 2.75) is 33.6 Å². The van der Waals surface area contributed by atoms with E-state index in [-0.39, 0.29) is 5.41 Å². The lowest BCUT2D eigenvalue weighted by Crippen LogP contribution is -2.45. The monoisotopic (exact) mass is 235 g/mol. The fraction of sp³-hybridized carbons (Fsp3) is 0.692. The van der Waals surface area contributed by atoms with Gasteiger partial charge in [0.05, 0.1) is 13.2 Å². The number of aryl methyl sites for hydroxylation is 1. The molecule has 4 nitrogen and oxygen atoms in total. The number of anilines is 1. The van der Waals surface area contributed by atoms with Crippen LogP contribution >= 0.6 is 0 Å². The summed E-state index contributed by atoms with van der Waals surface area (Å²) >= 11 is 0. The van der Waals surface area contributed by atoms with Crippen LogP contribution in [0.15, 0.2) is 6.07 Å². The van der Waals surface area contributed by atoms with E-state index in [9.17, 15) is 0 Å². The van der Waals surface area contributed by atoms with Gasteiger partial charge in [0.2, 0.25) is 0 Å². The Hall–Kier alpha value is -1.16. The molecule has 0 atom stereocenters. The summed E-state index contributed by atoms with van der Waals surface area (Å²) in [6, 6.07) is 1.99. The molecule has 2 rings (SSSR count). The molecule has 1 aliphatic heterocycles. The molecule has 0 unspecified atom stereocenters. The summed E-state index contributed by atoms with van der Waals surface area (Å²) in [4.78, 5) is 8.97. The lowest BCUT2D eigenvalue weighted by Gasteiger charge is -2.38. The Kier molecular flexibility index (Phi) is 3.33. The second-order valence-electron chi connectivity index (χ2n) is 5.56. The third-order valence-corrected chi connectivity index (χ3v) is 2.99. The molecule has 1 fully saturated rings. The number of ether oxygens (including phenoxy) is 1. The van der Waals surface area contributed by atoms with Gasteiger partial charge < -0.3 is 10.1 Å². The van der Waals surface area contributed by atoms with Gasteiger partial charge in [-0.15, -0.1) is 0 Å². The minimum Gasteiger partial charge on any atom is -0.380 e. The van der Waals surface area contributed by atoms with Crippen LogP contribution in [0.3, 0.4) is 0 Å². The van der Waals surface area contributed by atoms with Gasteiger partial charge in [0.1, 0.15) is 11.6 Å². The van der Waals surface area contributed by atoms with E-state index in [0.29, 0.717) is 5.92 Å². The zero-order chi connectivity index (χ0) is 12.5. The molecule has 4 heteroatoms. The molecule has 0 saturated carbocycles. The largest absolute Gasteiger partial charge is 0.380 e. The van der Waals surface area contributed by atoms with E-state index in [1.54, 1.807) is 0 Å². The van der Waals surface area contributed by atoms with Crippen molar-refractivity contribution in [2.24, 2.45) is 5.41 Å². The van der Waals surface area contributed by atoms with Crippen LogP contribution in [-0.4, -0.2) is 29.7 Å². The normalized spacial score (nSPS) is 17.9. The van der Waals surface area contributed by atoms with Crippen molar-refractivity contribution in [1.29, 1.82) is 0 Å². The first-order valence-corrected chi connectivity index (χ1v) is 6.16. The van der Waals surface area contributed by atoms with Gasteiger partial charge in [0, 0.05) is 29.6 Å². The molecular weight excluding hydrogens is 214 g/mol. The SMILES string of the molecule is Cc1cc(NCC2(C)COC2)nc(C(C)C)n1. The zero-order valence-electron chi connectivity index (χ0n) is 11.1. The molecule has 2 heterocycles. The molecule has 0 aromatic carbocycles. The molecule has 0 bridgehead atoms. The number of hydrogen-bond acceptors (Lipinski definition) is 4. The highest BCUT2D eigenvalue weighted by Crippen LogP contribution is 2.26. The van der Waals surface area contributed by atoms with Crippen LogP contribution in [0.1, 0.15) is 38.2 Å². The molecule has 1 N–H and O–H groups in total. The molecule has 1 aromatic heterocycles. The van der Waals surface area contributed by atoms with Crippen molar-refractivity contribution in [3.8, 4) is 0 Å². The van der Waals surface area contributed by atoms with E-state index in [2.05, 4.69) is 36.1 Å². The summed E-state index contributed by atoms with van der Waals surface area (Å²) < 4.78 is 5.24. The van der Waals surface area contributed by atoms with Gasteiger partial charge in [-0.05, 0) is 6.92 Å². The number of rotatable bonds is 4. The Morgan fingerprint density at radius 2 is 2.12 bits per heavy atom. The summed E-state index contributed by atoms with van der Waals surface area (Å²) in [6.45, 7) is 11.0. The highest BCUT2D eigenvalue weighted by molar-refractivity contribution is 5.36. The summed E-state index contributed by atoms with van der Waals surface area (Å²) in [5.74, 6) is 2.19. The third-order valence-electron chi connectivity index (χ3n) is 2.99. The first kappa shape index (κ1) is 12.3. The maximum absolute atomic E-state index is 5.24. The Labute approximate surface area is 103 Å². The van der Waals surface area contributed by atoms with E-state index in [4.69, 9.17) is 4.74 Å². The lowest BCUT2D eigenvalue weighted by molar-refractivity contribution is -0.0924. The molecule has 0 aliphatic carbocycles. The average molecular weight is 235 g/mol. The van der Waals surface area contributed by atoms with Crippen LogP contribution < -0.4 is 5.32 Å². The highest BCUT2D eigenvalue weighted by atomic mass is 16.5. The first-order chi connectivity index (χ1) is 7.98. The first-order valence-electron chi connectivity index (χ1n) is 6.16. The summed E-state index contributed by atoms with van der Waals surface area (Å²) in [7, 11) is 0. The molecule has 17 heavy (non-hydrogen) atoms. The van der Waals surface area contributed by atoms with Crippen molar-refractivity contribution in [3.63, 3.8) is 0 Å². The molecule has 0 radical (unpaired) electrons. The molecule has 1 aliphatic rings. The second-order valence-corrected chi connectivity index (χ2v) is 5.56. The molecule has 1 saturated heterocycles. The van der Waals surface area contributed by atoms with Crippen LogP contribution in [0.5, 0.6) is 0 Å². The van der Waals surface area contributed by atoms with Crippen molar-refractivity contribution >= 4 is 5.82 Å². The maximum atomic E-state index is 5.24. The Morgan fingerprint density at radius 3 is 2.65 bits per heavy atom. The number of nitrogens with zero attached hydrogens (tertiary/aromatic N) is 2. The van der Waals surface area contributed by atoms with Crippen LogP contribution in [-0.2, 0) is 4.74 Å². The number of nitrogens with one attached hydrogen (secondary N) is 1. The maximum Gasteiger partial charge on any atom is 0.133 e. The standard InChI is InChI=1S/C13H21N3O/c1-9(2)12-15-10(3)5-11(16-12)14-6-13(4)7-17-8-13/h5,9H,6-8H2,1-4H3,(H,14,15,16). The van der Waals surface area contributed by atoms with Crippen LogP contribution in [0, 0.1) is 12.3 Å². The van der Waals surface area contributed by atoms with Crippen molar-refractivity contribution in [1.82, 2.24) is 9.97 Å². The summed E-state index contributed by atoms with van der Waals surface area (Å²) in [5.41, 5.74) is 1.28. The fourth-order valence-corrected chi connectivity index (χ4v) is 1.80. The Bertz CT molecular complexity index is 400. The van der Waals surface area contributed by atoms with E-state index >= 15 is 0 Å². The second kappa shape index (κ2) is 4.61. The van der Waals surface area contributed by atoms with Gasteiger partial charge in [-0.25, -0.2) is 9.97 Å². The average Bonchev–Trinajstić information content (AvgIpc) is 2.23. The summed E-state index contributed by atoms with van der Waals surface area (Å²) in [5, 5.41) is 3.39. The van der Waals surface area contributed by atoms with E-state index < -0.39 is 0 Å². The molecule has 94 valence electrons. The fourth-order valence-electron chi connectivity index (χ4n) is 1.80. The summed E-state index contributed by atoms with van der Waals surface area (Å²) in [6.07, 6.45) is 0. The van der Waals surface area contributed by atoms with Gasteiger partial charge in [-0.2, -0.15) is 0 Å². The Balaban J connectivity index is 2.04. The zero-order valence-corrected chi connectivity index (χ0v) is 11.1. The van der Waals surface area contributed by atoms with Crippen LogP contribution in [0.2, 0.25) is 0 Å². The molecule has 0 spiro atoms. The minimum atomic E-state index is 0.261. The topological polar surface area (TPSA) is 47.0 Å². The number of aromatic nitrogens is 2. The van der Waals surface area contributed by atoms with E-state index in [1.807, 2.05) is 13.0 Å². The minimum absolute atomic E-state index is 0.261.